The number of fused-ring (bicyclic) bond motifs is 2. The van der Waals surface area contributed by atoms with Gasteiger partial charge in [-0.1, -0.05) is 66.2 Å². The summed E-state index contributed by atoms with van der Waals surface area (Å²) in [6.45, 7) is 2.15. The number of hydrogen-bond donors (Lipinski definition) is 0. The lowest BCUT2D eigenvalue weighted by atomic mass is 9.96. The van der Waals surface area contributed by atoms with Gasteiger partial charge >= 0.3 is 0 Å². The van der Waals surface area contributed by atoms with Crippen molar-refractivity contribution in [2.45, 2.75) is 6.92 Å². The zero-order valence-electron chi connectivity index (χ0n) is 11.4. The van der Waals surface area contributed by atoms with Gasteiger partial charge in [-0.15, -0.1) is 0 Å². The topological polar surface area (TPSA) is 0 Å². The Morgan fingerprint density at radius 1 is 0.750 bits per heavy atom. The van der Waals surface area contributed by atoms with Crippen LogP contribution in [0.3, 0.4) is 0 Å². The highest BCUT2D eigenvalue weighted by Gasteiger charge is 2.11. The Kier molecular flexibility index (Phi) is 2.50. The summed E-state index contributed by atoms with van der Waals surface area (Å²) in [4.78, 5) is 0. The van der Waals surface area contributed by atoms with Crippen LogP contribution in [0.1, 0.15) is 18.1 Å². The molecule has 1 aliphatic carbocycles. The lowest BCUT2D eigenvalue weighted by molar-refractivity contribution is 1.45. The molecule has 0 unspecified atom stereocenters. The van der Waals surface area contributed by atoms with Crippen LogP contribution in [0.2, 0.25) is 0 Å². The Morgan fingerprint density at radius 2 is 1.60 bits per heavy atom. The first-order chi connectivity index (χ1) is 9.81. The van der Waals surface area contributed by atoms with E-state index >= 15 is 0 Å². The standard InChI is InChI=1S/C20H15/c1-14-11-16-9-10-17(13-18(16)12-14)20-8-4-6-15-5-2-3-7-19(15)20/h2-13H,1H3. The molecule has 0 atom stereocenters. The molecule has 0 aliphatic heterocycles. The molecule has 0 heteroatoms. The van der Waals surface area contributed by atoms with Crippen molar-refractivity contribution in [3.05, 3.63) is 83.8 Å². The molecule has 0 saturated carbocycles. The summed E-state index contributed by atoms with van der Waals surface area (Å²) in [5.74, 6) is 0. The Balaban J connectivity index is 1.94. The van der Waals surface area contributed by atoms with Crippen molar-refractivity contribution in [3.63, 3.8) is 0 Å². The third-order valence-electron chi connectivity index (χ3n) is 3.95. The van der Waals surface area contributed by atoms with Crippen LogP contribution in [0.4, 0.5) is 0 Å². The highest BCUT2D eigenvalue weighted by atomic mass is 14.2. The molecular weight excluding hydrogens is 240 g/mol. The summed E-state index contributed by atoms with van der Waals surface area (Å²) in [5.41, 5.74) is 6.58. The third kappa shape index (κ3) is 1.77. The Labute approximate surface area is 119 Å². The van der Waals surface area contributed by atoms with Crippen molar-refractivity contribution in [2.24, 2.45) is 0 Å². The molecule has 1 aliphatic rings. The maximum Gasteiger partial charge on any atom is 0.0161 e. The average Bonchev–Trinajstić information content (AvgIpc) is 2.85. The molecular formula is C20H15. The van der Waals surface area contributed by atoms with Crippen LogP contribution in [0.5, 0.6) is 0 Å². The van der Waals surface area contributed by atoms with Gasteiger partial charge in [0.05, 0.1) is 0 Å². The van der Waals surface area contributed by atoms with E-state index in [0.29, 0.717) is 0 Å². The van der Waals surface area contributed by atoms with Gasteiger partial charge in [0.25, 0.3) is 0 Å². The molecule has 0 nitrogen and oxygen atoms in total. The molecule has 0 N–H and O–H groups in total. The van der Waals surface area contributed by atoms with Gasteiger partial charge in [0.2, 0.25) is 0 Å². The number of hydrogen-bond acceptors (Lipinski definition) is 0. The fraction of sp³-hybridized carbons (Fsp3) is 0.0500. The van der Waals surface area contributed by atoms with Crippen LogP contribution in [-0.4, -0.2) is 0 Å². The van der Waals surface area contributed by atoms with Crippen LogP contribution in [0.15, 0.2) is 66.2 Å². The summed E-state index contributed by atoms with van der Waals surface area (Å²) >= 11 is 0. The highest BCUT2D eigenvalue weighted by molar-refractivity contribution is 5.97. The van der Waals surface area contributed by atoms with Gasteiger partial charge in [-0.05, 0) is 46.0 Å². The SMILES string of the molecule is CC1=Cc2cc(-c3cccc4ccccc34)ccc2[CH]1. The Bertz CT molecular complexity index is 832. The predicted molar refractivity (Wildman–Crippen MR) is 86.4 cm³/mol. The van der Waals surface area contributed by atoms with Gasteiger partial charge in [0.1, 0.15) is 0 Å². The predicted octanol–water partition coefficient (Wildman–Crippen LogP) is 5.48. The van der Waals surface area contributed by atoms with Crippen LogP contribution in [0, 0.1) is 6.42 Å². The minimum Gasteiger partial charge on any atom is -0.0643 e. The summed E-state index contributed by atoms with van der Waals surface area (Å²) in [6, 6.07) is 21.8. The second-order valence-electron chi connectivity index (χ2n) is 5.40. The van der Waals surface area contributed by atoms with Gasteiger partial charge in [0.15, 0.2) is 0 Å². The second kappa shape index (κ2) is 4.35. The first-order valence-electron chi connectivity index (χ1n) is 6.96. The molecule has 0 fully saturated rings. The molecule has 95 valence electrons. The molecule has 3 aromatic rings. The van der Waals surface area contributed by atoms with E-state index in [9.17, 15) is 0 Å². The molecule has 0 bridgehead atoms. The van der Waals surface area contributed by atoms with Crippen molar-refractivity contribution in [3.8, 4) is 11.1 Å². The van der Waals surface area contributed by atoms with Crippen molar-refractivity contribution >= 4 is 16.8 Å². The molecule has 3 aromatic carbocycles. The van der Waals surface area contributed by atoms with Crippen LogP contribution < -0.4 is 0 Å². The van der Waals surface area contributed by atoms with Crippen molar-refractivity contribution in [1.82, 2.24) is 0 Å². The molecule has 4 rings (SSSR count). The fourth-order valence-electron chi connectivity index (χ4n) is 3.01. The zero-order chi connectivity index (χ0) is 13.5. The first-order valence-corrected chi connectivity index (χ1v) is 6.96. The van der Waals surface area contributed by atoms with E-state index in [4.69, 9.17) is 0 Å². The summed E-state index contributed by atoms with van der Waals surface area (Å²) < 4.78 is 0. The minimum atomic E-state index is 1.29. The number of benzene rings is 3. The quantitative estimate of drug-likeness (QED) is 0.540. The van der Waals surface area contributed by atoms with Crippen LogP contribution in [0.25, 0.3) is 28.0 Å². The third-order valence-corrected chi connectivity index (χ3v) is 3.95. The minimum absolute atomic E-state index is 1.29. The van der Waals surface area contributed by atoms with Gasteiger partial charge in [-0.2, -0.15) is 0 Å². The molecule has 0 spiro atoms. The largest absolute Gasteiger partial charge is 0.0643 e. The average molecular weight is 255 g/mol. The van der Waals surface area contributed by atoms with Crippen LogP contribution >= 0.6 is 0 Å². The second-order valence-corrected chi connectivity index (χ2v) is 5.40. The summed E-state index contributed by atoms with van der Waals surface area (Å²) in [7, 11) is 0. The van der Waals surface area contributed by atoms with E-state index in [2.05, 4.69) is 80.1 Å². The Morgan fingerprint density at radius 3 is 2.55 bits per heavy atom. The maximum absolute atomic E-state index is 2.30. The van der Waals surface area contributed by atoms with Gasteiger partial charge in [-0.3, -0.25) is 0 Å². The smallest absolute Gasteiger partial charge is 0.0161 e. The van der Waals surface area contributed by atoms with Gasteiger partial charge in [-0.25, -0.2) is 0 Å². The molecule has 0 aromatic heterocycles. The summed E-state index contributed by atoms with van der Waals surface area (Å²) in [6.07, 6.45) is 4.49. The van der Waals surface area contributed by atoms with Crippen molar-refractivity contribution in [2.75, 3.05) is 0 Å². The summed E-state index contributed by atoms with van der Waals surface area (Å²) in [5, 5.41) is 2.61. The van der Waals surface area contributed by atoms with E-state index in [1.807, 2.05) is 0 Å². The van der Waals surface area contributed by atoms with Gasteiger partial charge in [0, 0.05) is 6.42 Å². The number of allylic oxidation sites excluding steroid dienone is 1. The van der Waals surface area contributed by atoms with E-state index < -0.39 is 0 Å². The van der Waals surface area contributed by atoms with E-state index in [1.54, 1.807) is 0 Å². The monoisotopic (exact) mass is 255 g/mol. The van der Waals surface area contributed by atoms with Gasteiger partial charge < -0.3 is 0 Å². The zero-order valence-corrected chi connectivity index (χ0v) is 11.4. The van der Waals surface area contributed by atoms with Crippen LogP contribution in [-0.2, 0) is 0 Å². The molecule has 0 heterocycles. The molecule has 20 heavy (non-hydrogen) atoms. The van der Waals surface area contributed by atoms with Crippen molar-refractivity contribution < 1.29 is 0 Å². The number of rotatable bonds is 1. The first kappa shape index (κ1) is 11.5. The normalized spacial score (nSPS) is 13.3. The lowest BCUT2D eigenvalue weighted by Crippen LogP contribution is -1.85. The molecule has 0 saturated heterocycles. The maximum atomic E-state index is 2.30. The molecule has 0 amide bonds. The Hall–Kier alpha value is -2.34. The van der Waals surface area contributed by atoms with E-state index in [0.717, 1.165) is 0 Å². The van der Waals surface area contributed by atoms with E-state index in [1.165, 1.54) is 38.6 Å². The highest BCUT2D eigenvalue weighted by Crippen LogP contribution is 2.33. The molecule has 1 radical (unpaired) electrons. The van der Waals surface area contributed by atoms with Crippen molar-refractivity contribution in [1.29, 1.82) is 0 Å². The van der Waals surface area contributed by atoms with E-state index in [-0.39, 0.29) is 0 Å². The fourth-order valence-corrected chi connectivity index (χ4v) is 3.01. The lowest BCUT2D eigenvalue weighted by Gasteiger charge is -2.08.